The number of halogens is 1. The molecule has 1 aliphatic carbocycles. The number of pyridine rings is 1. The van der Waals surface area contributed by atoms with E-state index in [1.165, 1.54) is 22.3 Å². The van der Waals surface area contributed by atoms with Gasteiger partial charge in [0, 0.05) is 28.6 Å². The number of anilines is 1. The summed E-state index contributed by atoms with van der Waals surface area (Å²) in [6, 6.07) is 14.4. The number of aryl methyl sites for hydroxylation is 1. The lowest BCUT2D eigenvalue weighted by atomic mass is 9.87. The summed E-state index contributed by atoms with van der Waals surface area (Å²) in [5, 5.41) is 4.15. The number of carbonyl (C=O) groups excluding carboxylic acids is 1. The third kappa shape index (κ3) is 4.04. The van der Waals surface area contributed by atoms with E-state index in [0.717, 1.165) is 42.3 Å². The van der Waals surface area contributed by atoms with Crippen LogP contribution in [0.2, 0.25) is 6.32 Å². The van der Waals surface area contributed by atoms with Crippen molar-refractivity contribution in [2.75, 3.05) is 5.32 Å². The molecular formula is C24H24BClN2O. The van der Waals surface area contributed by atoms with Crippen molar-refractivity contribution in [2.45, 2.75) is 44.8 Å². The summed E-state index contributed by atoms with van der Waals surface area (Å²) in [4.78, 5) is 16.9. The van der Waals surface area contributed by atoms with Crippen LogP contribution in [0.25, 0.3) is 10.9 Å². The van der Waals surface area contributed by atoms with Crippen LogP contribution in [-0.4, -0.2) is 18.7 Å². The number of benzene rings is 2. The summed E-state index contributed by atoms with van der Waals surface area (Å²) < 4.78 is 0. The molecule has 3 aromatic rings. The highest BCUT2D eigenvalue weighted by atomic mass is 35.5. The van der Waals surface area contributed by atoms with Crippen molar-refractivity contribution in [2.24, 2.45) is 5.41 Å². The Morgan fingerprint density at radius 2 is 1.90 bits per heavy atom. The minimum atomic E-state index is -0.341. The first-order valence-electron chi connectivity index (χ1n) is 10.1. The van der Waals surface area contributed by atoms with Gasteiger partial charge >= 0.3 is 0 Å². The molecule has 1 heterocycles. The summed E-state index contributed by atoms with van der Waals surface area (Å²) in [5.41, 5.74) is 6.31. The molecule has 2 aromatic carbocycles. The SMILES string of the molecule is [B]CC1(C(=O)Nc2ccc(Cc3ccnc4cc(CC)c(CCl)cc34)cc2)CC1. The Bertz CT molecular complexity index is 1040. The Labute approximate surface area is 178 Å². The predicted octanol–water partition coefficient (Wildman–Crippen LogP) is 5.43. The number of amides is 1. The molecule has 1 amide bonds. The maximum absolute atomic E-state index is 12.4. The molecule has 0 aliphatic heterocycles. The van der Waals surface area contributed by atoms with Crippen molar-refractivity contribution in [3.8, 4) is 0 Å². The van der Waals surface area contributed by atoms with Crippen LogP contribution < -0.4 is 5.32 Å². The lowest BCUT2D eigenvalue weighted by Gasteiger charge is -2.14. The smallest absolute Gasteiger partial charge is 0.229 e. The Balaban J connectivity index is 1.55. The van der Waals surface area contributed by atoms with Crippen molar-refractivity contribution in [3.05, 3.63) is 70.9 Å². The molecule has 0 saturated heterocycles. The van der Waals surface area contributed by atoms with Gasteiger partial charge in [-0.25, -0.2) is 0 Å². The third-order valence-electron chi connectivity index (χ3n) is 6.01. The van der Waals surface area contributed by atoms with E-state index in [2.05, 4.69) is 47.6 Å². The maximum Gasteiger partial charge on any atom is 0.229 e. The number of nitrogens with one attached hydrogen (secondary N) is 1. The molecule has 1 N–H and O–H groups in total. The van der Waals surface area contributed by atoms with E-state index >= 15 is 0 Å². The third-order valence-corrected chi connectivity index (χ3v) is 6.30. The van der Waals surface area contributed by atoms with Crippen LogP contribution in [0.3, 0.4) is 0 Å². The molecule has 3 nitrogen and oxygen atoms in total. The van der Waals surface area contributed by atoms with Crippen LogP contribution >= 0.6 is 11.6 Å². The predicted molar refractivity (Wildman–Crippen MR) is 121 cm³/mol. The Morgan fingerprint density at radius 3 is 2.52 bits per heavy atom. The molecule has 0 atom stereocenters. The van der Waals surface area contributed by atoms with Crippen molar-refractivity contribution in [3.63, 3.8) is 0 Å². The second-order valence-electron chi connectivity index (χ2n) is 7.91. The van der Waals surface area contributed by atoms with Gasteiger partial charge in [-0.1, -0.05) is 25.4 Å². The van der Waals surface area contributed by atoms with Crippen LogP contribution in [0.15, 0.2) is 48.7 Å². The number of nitrogens with zero attached hydrogens (tertiary/aromatic N) is 1. The summed E-state index contributed by atoms with van der Waals surface area (Å²) in [6.07, 6.45) is 5.79. The molecular weight excluding hydrogens is 379 g/mol. The van der Waals surface area contributed by atoms with Gasteiger partial charge in [0.25, 0.3) is 0 Å². The largest absolute Gasteiger partial charge is 0.326 e. The Kier molecular flexibility index (Phi) is 5.64. The first-order valence-corrected chi connectivity index (χ1v) is 10.7. The summed E-state index contributed by atoms with van der Waals surface area (Å²) in [6.45, 7) is 2.14. The highest BCUT2D eigenvalue weighted by Crippen LogP contribution is 2.49. The van der Waals surface area contributed by atoms with Crippen LogP contribution in [0.1, 0.15) is 42.0 Å². The average molecular weight is 403 g/mol. The van der Waals surface area contributed by atoms with Crippen molar-refractivity contribution in [1.82, 2.24) is 4.98 Å². The van der Waals surface area contributed by atoms with E-state index in [1.54, 1.807) is 0 Å². The van der Waals surface area contributed by atoms with Gasteiger partial charge in [-0.2, -0.15) is 0 Å². The van der Waals surface area contributed by atoms with Crippen LogP contribution in [0.5, 0.6) is 0 Å². The first kappa shape index (κ1) is 20.0. The quantitative estimate of drug-likeness (QED) is 0.423. The Morgan fingerprint density at radius 1 is 1.14 bits per heavy atom. The molecule has 0 unspecified atom stereocenters. The molecule has 0 spiro atoms. The summed E-state index contributed by atoms with van der Waals surface area (Å²) in [7, 11) is 5.74. The number of carbonyl (C=O) groups is 1. The molecule has 1 saturated carbocycles. The fraction of sp³-hybridized carbons (Fsp3) is 0.333. The lowest BCUT2D eigenvalue weighted by Crippen LogP contribution is -2.23. The van der Waals surface area contributed by atoms with E-state index in [1.807, 2.05) is 18.3 Å². The molecule has 2 radical (unpaired) electrons. The second kappa shape index (κ2) is 8.20. The average Bonchev–Trinajstić information content (AvgIpc) is 3.56. The fourth-order valence-electron chi connectivity index (χ4n) is 3.81. The molecule has 4 rings (SSSR count). The second-order valence-corrected chi connectivity index (χ2v) is 8.17. The number of alkyl halides is 1. The number of fused-ring (bicyclic) bond motifs is 1. The maximum atomic E-state index is 12.4. The van der Waals surface area contributed by atoms with Crippen LogP contribution in [-0.2, 0) is 23.5 Å². The van der Waals surface area contributed by atoms with Crippen molar-refractivity contribution < 1.29 is 4.79 Å². The van der Waals surface area contributed by atoms with Crippen LogP contribution in [0.4, 0.5) is 5.69 Å². The van der Waals surface area contributed by atoms with Gasteiger partial charge in [0.05, 0.1) is 13.4 Å². The molecule has 146 valence electrons. The minimum Gasteiger partial charge on any atom is -0.326 e. The van der Waals surface area contributed by atoms with E-state index in [-0.39, 0.29) is 11.3 Å². The monoisotopic (exact) mass is 402 g/mol. The van der Waals surface area contributed by atoms with Crippen LogP contribution in [0, 0.1) is 5.41 Å². The van der Waals surface area contributed by atoms with Gasteiger partial charge in [-0.15, -0.1) is 11.6 Å². The molecule has 5 heteroatoms. The van der Waals surface area contributed by atoms with Gasteiger partial charge in [0.2, 0.25) is 5.91 Å². The minimum absolute atomic E-state index is 0.0354. The molecule has 29 heavy (non-hydrogen) atoms. The zero-order chi connectivity index (χ0) is 20.4. The molecule has 1 fully saturated rings. The fourth-order valence-corrected chi connectivity index (χ4v) is 4.06. The number of hydrogen-bond acceptors (Lipinski definition) is 2. The van der Waals surface area contributed by atoms with Crippen molar-refractivity contribution in [1.29, 1.82) is 0 Å². The van der Waals surface area contributed by atoms with Crippen molar-refractivity contribution >= 4 is 41.9 Å². The highest BCUT2D eigenvalue weighted by Gasteiger charge is 2.47. The van der Waals surface area contributed by atoms with E-state index in [9.17, 15) is 4.79 Å². The summed E-state index contributed by atoms with van der Waals surface area (Å²) in [5.74, 6) is 0.541. The normalized spacial score (nSPS) is 14.7. The van der Waals surface area contributed by atoms with Gasteiger partial charge in [-0.05, 0) is 78.3 Å². The van der Waals surface area contributed by atoms with E-state index in [0.29, 0.717) is 12.2 Å². The van der Waals surface area contributed by atoms with Gasteiger partial charge in [0.15, 0.2) is 0 Å². The van der Waals surface area contributed by atoms with Gasteiger partial charge < -0.3 is 5.32 Å². The molecule has 0 bridgehead atoms. The lowest BCUT2D eigenvalue weighted by molar-refractivity contribution is -0.120. The van der Waals surface area contributed by atoms with E-state index in [4.69, 9.17) is 19.4 Å². The Hall–Kier alpha value is -2.33. The first-order chi connectivity index (χ1) is 14.1. The zero-order valence-corrected chi connectivity index (χ0v) is 17.4. The number of aromatic nitrogens is 1. The van der Waals surface area contributed by atoms with Gasteiger partial charge in [0.1, 0.15) is 0 Å². The standard InChI is InChI=1S/C24H24BClN2O/c1-2-17-13-22-21(12-19(17)14-26)18(7-10-27-22)11-16-3-5-20(6-4-16)28-23(29)24(15-25)8-9-24/h3-7,10,12-13H,2,8-9,11,14-15H2,1H3,(H,28,29). The molecule has 1 aromatic heterocycles. The topological polar surface area (TPSA) is 42.0 Å². The highest BCUT2D eigenvalue weighted by molar-refractivity contribution is 6.17. The molecule has 1 aliphatic rings. The number of rotatable bonds is 7. The van der Waals surface area contributed by atoms with E-state index < -0.39 is 0 Å². The summed E-state index contributed by atoms with van der Waals surface area (Å²) >= 11 is 6.17. The number of hydrogen-bond donors (Lipinski definition) is 1. The van der Waals surface area contributed by atoms with Gasteiger partial charge in [-0.3, -0.25) is 9.78 Å². The zero-order valence-electron chi connectivity index (χ0n) is 16.7.